The second-order valence-corrected chi connectivity index (χ2v) is 7.94. The van der Waals surface area contributed by atoms with Crippen LogP contribution in [0.15, 0.2) is 39.8 Å². The van der Waals surface area contributed by atoms with Gasteiger partial charge in [-0.3, -0.25) is 4.79 Å². The first kappa shape index (κ1) is 17.6. The van der Waals surface area contributed by atoms with Gasteiger partial charge in [-0.2, -0.15) is 4.31 Å². The number of aryl methyl sites for hydroxylation is 2. The van der Waals surface area contributed by atoms with Crippen molar-refractivity contribution in [1.82, 2.24) is 14.4 Å². The maximum atomic E-state index is 12.9. The van der Waals surface area contributed by atoms with E-state index in [2.05, 4.69) is 5.16 Å². The van der Waals surface area contributed by atoms with Crippen LogP contribution in [0.5, 0.6) is 0 Å². The van der Waals surface area contributed by atoms with Crippen LogP contribution in [0.1, 0.15) is 28.2 Å². The number of carbonyl (C=O) groups is 1. The molecule has 3 rings (SSSR count). The Morgan fingerprint density at radius 3 is 2.44 bits per heavy atom. The van der Waals surface area contributed by atoms with E-state index in [0.717, 1.165) is 0 Å². The molecule has 0 N–H and O–H groups in total. The molecule has 8 heteroatoms. The summed E-state index contributed by atoms with van der Waals surface area (Å²) in [5.41, 5.74) is 0.975. The van der Waals surface area contributed by atoms with Crippen molar-refractivity contribution in [2.24, 2.45) is 0 Å². The predicted molar refractivity (Wildman–Crippen MR) is 91.7 cm³/mol. The summed E-state index contributed by atoms with van der Waals surface area (Å²) in [4.78, 5) is 14.4. The van der Waals surface area contributed by atoms with Gasteiger partial charge in [0.25, 0.3) is 5.91 Å². The topological polar surface area (TPSA) is 83.7 Å². The number of nitrogens with zero attached hydrogens (tertiary/aromatic N) is 3. The normalized spacial score (nSPS) is 16.6. The number of rotatable bonds is 3. The quantitative estimate of drug-likeness (QED) is 0.831. The summed E-state index contributed by atoms with van der Waals surface area (Å²) in [7, 11) is -3.68. The minimum atomic E-state index is -3.68. The highest BCUT2D eigenvalue weighted by atomic mass is 32.2. The van der Waals surface area contributed by atoms with Crippen molar-refractivity contribution in [1.29, 1.82) is 0 Å². The van der Waals surface area contributed by atoms with Gasteiger partial charge in [0, 0.05) is 31.7 Å². The average Bonchev–Trinajstić information content (AvgIpc) is 2.81. The van der Waals surface area contributed by atoms with Crippen LogP contribution in [0.3, 0.4) is 0 Å². The minimum absolute atomic E-state index is 0.0720. The standard InChI is InChI=1S/C17H21N3O4S/c1-13-16(14(2)24-18-13)25(22,23)20-10-6-9-19(11-12-20)17(21)15-7-4-3-5-8-15/h3-5,7-8H,6,9-12H2,1-2H3. The Kier molecular flexibility index (Phi) is 4.91. The molecule has 0 spiro atoms. The lowest BCUT2D eigenvalue weighted by Gasteiger charge is -2.22. The lowest BCUT2D eigenvalue weighted by molar-refractivity contribution is 0.0764. The van der Waals surface area contributed by atoms with Crippen LogP contribution >= 0.6 is 0 Å². The molecular weight excluding hydrogens is 342 g/mol. The van der Waals surface area contributed by atoms with E-state index in [-0.39, 0.29) is 17.3 Å². The van der Waals surface area contributed by atoms with Crippen LogP contribution in [0.2, 0.25) is 0 Å². The zero-order valence-electron chi connectivity index (χ0n) is 14.3. The number of hydrogen-bond donors (Lipinski definition) is 0. The van der Waals surface area contributed by atoms with Gasteiger partial charge in [-0.25, -0.2) is 8.42 Å². The SMILES string of the molecule is Cc1noc(C)c1S(=O)(=O)N1CCCN(C(=O)c2ccccc2)CC1. The third-order valence-electron chi connectivity index (χ3n) is 4.33. The van der Waals surface area contributed by atoms with Gasteiger partial charge in [-0.15, -0.1) is 0 Å². The molecule has 2 heterocycles. The van der Waals surface area contributed by atoms with E-state index >= 15 is 0 Å². The fourth-order valence-corrected chi connectivity index (χ4v) is 4.83. The average molecular weight is 363 g/mol. The van der Waals surface area contributed by atoms with Crippen molar-refractivity contribution in [3.63, 3.8) is 0 Å². The number of hydrogen-bond acceptors (Lipinski definition) is 5. The van der Waals surface area contributed by atoms with Gasteiger partial charge < -0.3 is 9.42 Å². The second kappa shape index (κ2) is 6.97. The zero-order chi connectivity index (χ0) is 18.0. The molecule has 2 aromatic rings. The molecule has 1 aliphatic rings. The molecule has 134 valence electrons. The monoisotopic (exact) mass is 363 g/mol. The second-order valence-electron chi connectivity index (χ2n) is 6.07. The Hall–Kier alpha value is -2.19. The van der Waals surface area contributed by atoms with Gasteiger partial charge in [0.2, 0.25) is 10.0 Å². The van der Waals surface area contributed by atoms with Gasteiger partial charge in [-0.1, -0.05) is 23.4 Å². The van der Waals surface area contributed by atoms with Gasteiger partial charge in [0.1, 0.15) is 10.6 Å². The molecule has 1 aliphatic heterocycles. The summed E-state index contributed by atoms with van der Waals surface area (Å²) in [6.45, 7) is 4.72. The van der Waals surface area contributed by atoms with E-state index in [1.807, 2.05) is 18.2 Å². The van der Waals surface area contributed by atoms with Crippen molar-refractivity contribution >= 4 is 15.9 Å². The molecule has 1 amide bonds. The molecule has 1 aromatic heterocycles. The Morgan fingerprint density at radius 2 is 1.80 bits per heavy atom. The molecule has 1 aromatic carbocycles. The first-order valence-electron chi connectivity index (χ1n) is 8.18. The van der Waals surface area contributed by atoms with Crippen molar-refractivity contribution in [2.45, 2.75) is 25.2 Å². The number of benzene rings is 1. The van der Waals surface area contributed by atoms with Gasteiger partial charge in [0.05, 0.1) is 0 Å². The van der Waals surface area contributed by atoms with Crippen LogP contribution in [-0.4, -0.2) is 54.9 Å². The summed E-state index contributed by atoms with van der Waals surface area (Å²) in [6.07, 6.45) is 0.585. The van der Waals surface area contributed by atoms with Crippen LogP contribution in [0.25, 0.3) is 0 Å². The molecule has 0 bridgehead atoms. The molecule has 25 heavy (non-hydrogen) atoms. The number of amides is 1. The Balaban J connectivity index is 1.77. The molecule has 7 nitrogen and oxygen atoms in total. The maximum Gasteiger partial charge on any atom is 0.253 e. The van der Waals surface area contributed by atoms with Crippen LogP contribution in [-0.2, 0) is 10.0 Å². The lowest BCUT2D eigenvalue weighted by Crippen LogP contribution is -2.37. The summed E-state index contributed by atoms with van der Waals surface area (Å²) < 4.78 is 32.2. The maximum absolute atomic E-state index is 12.9. The molecular formula is C17H21N3O4S. The molecule has 0 radical (unpaired) electrons. The predicted octanol–water partition coefficient (Wildman–Crippen LogP) is 1.83. The Labute approximate surface area is 147 Å². The largest absolute Gasteiger partial charge is 0.360 e. The smallest absolute Gasteiger partial charge is 0.253 e. The summed E-state index contributed by atoms with van der Waals surface area (Å²) in [5, 5.41) is 3.74. The number of aromatic nitrogens is 1. The third-order valence-corrected chi connectivity index (χ3v) is 6.47. The van der Waals surface area contributed by atoms with Crippen molar-refractivity contribution < 1.29 is 17.7 Å². The highest BCUT2D eigenvalue weighted by Crippen LogP contribution is 2.24. The first-order chi connectivity index (χ1) is 11.9. The summed E-state index contributed by atoms with van der Waals surface area (Å²) in [6, 6.07) is 9.03. The zero-order valence-corrected chi connectivity index (χ0v) is 15.1. The fraction of sp³-hybridized carbons (Fsp3) is 0.412. The molecule has 0 aliphatic carbocycles. The van der Waals surface area contributed by atoms with E-state index in [4.69, 9.17) is 4.52 Å². The summed E-state index contributed by atoms with van der Waals surface area (Å²) in [5.74, 6) is 0.219. The van der Waals surface area contributed by atoms with E-state index in [1.165, 1.54) is 4.31 Å². The first-order valence-corrected chi connectivity index (χ1v) is 9.62. The van der Waals surface area contributed by atoms with Crippen LogP contribution < -0.4 is 0 Å². The lowest BCUT2D eigenvalue weighted by atomic mass is 10.2. The minimum Gasteiger partial charge on any atom is -0.360 e. The molecule has 0 saturated carbocycles. The molecule has 0 unspecified atom stereocenters. The van der Waals surface area contributed by atoms with Crippen molar-refractivity contribution in [2.75, 3.05) is 26.2 Å². The van der Waals surface area contributed by atoms with Gasteiger partial charge in [0.15, 0.2) is 5.76 Å². The van der Waals surface area contributed by atoms with Crippen molar-refractivity contribution in [3.8, 4) is 0 Å². The summed E-state index contributed by atoms with van der Waals surface area (Å²) >= 11 is 0. The van der Waals surface area contributed by atoms with Gasteiger partial charge in [-0.05, 0) is 32.4 Å². The fourth-order valence-electron chi connectivity index (χ4n) is 3.07. The van der Waals surface area contributed by atoms with Gasteiger partial charge >= 0.3 is 0 Å². The van der Waals surface area contributed by atoms with Crippen molar-refractivity contribution in [3.05, 3.63) is 47.3 Å². The highest BCUT2D eigenvalue weighted by Gasteiger charge is 2.32. The van der Waals surface area contributed by atoms with E-state index in [0.29, 0.717) is 43.1 Å². The van der Waals surface area contributed by atoms with E-state index < -0.39 is 10.0 Å². The number of sulfonamides is 1. The Bertz CT molecular complexity index is 842. The molecule has 1 fully saturated rings. The van der Waals surface area contributed by atoms with E-state index in [1.54, 1.807) is 30.9 Å². The third kappa shape index (κ3) is 3.45. The number of carbonyl (C=O) groups excluding carboxylic acids is 1. The highest BCUT2D eigenvalue weighted by molar-refractivity contribution is 7.89. The molecule has 0 atom stereocenters. The van der Waals surface area contributed by atoms with Crippen LogP contribution in [0, 0.1) is 13.8 Å². The van der Waals surface area contributed by atoms with Crippen LogP contribution in [0.4, 0.5) is 0 Å². The van der Waals surface area contributed by atoms with E-state index in [9.17, 15) is 13.2 Å². The molecule has 1 saturated heterocycles. The Morgan fingerprint density at radius 1 is 1.08 bits per heavy atom.